The smallest absolute Gasteiger partial charge is 0.252 e. The van der Waals surface area contributed by atoms with Crippen LogP contribution in [0.15, 0.2) is 29.3 Å². The lowest BCUT2D eigenvalue weighted by Crippen LogP contribution is -2.12. The first-order valence-electron chi connectivity index (χ1n) is 5.36. The maximum absolute atomic E-state index is 11.2. The Labute approximate surface area is 99.0 Å². The quantitative estimate of drug-likeness (QED) is 0.836. The summed E-state index contributed by atoms with van der Waals surface area (Å²) in [4.78, 5) is 22.1. The first kappa shape index (κ1) is 11.3. The molecule has 2 aromatic heterocycles. The van der Waals surface area contributed by atoms with Crippen molar-refractivity contribution < 1.29 is 0 Å². The van der Waals surface area contributed by atoms with E-state index in [9.17, 15) is 4.79 Å². The Morgan fingerprint density at radius 1 is 1.41 bits per heavy atom. The van der Waals surface area contributed by atoms with Gasteiger partial charge in [-0.1, -0.05) is 0 Å². The van der Waals surface area contributed by atoms with Crippen molar-refractivity contribution in [3.63, 3.8) is 0 Å². The maximum Gasteiger partial charge on any atom is 0.252 e. The van der Waals surface area contributed by atoms with Gasteiger partial charge in [0.2, 0.25) is 0 Å². The third kappa shape index (κ3) is 2.90. The molecule has 0 aliphatic heterocycles. The molecule has 0 aliphatic carbocycles. The van der Waals surface area contributed by atoms with Gasteiger partial charge in [0.1, 0.15) is 11.6 Å². The molecule has 2 rings (SSSR count). The van der Waals surface area contributed by atoms with E-state index in [0.29, 0.717) is 18.2 Å². The van der Waals surface area contributed by atoms with Crippen molar-refractivity contribution in [2.75, 3.05) is 5.32 Å². The molecule has 0 fully saturated rings. The number of rotatable bonds is 3. The highest BCUT2D eigenvalue weighted by molar-refractivity contribution is 5.35. The lowest BCUT2D eigenvalue weighted by Gasteiger charge is -2.07. The third-order valence-electron chi connectivity index (χ3n) is 2.46. The molecule has 2 heterocycles. The summed E-state index contributed by atoms with van der Waals surface area (Å²) in [6.07, 6.45) is 3.56. The molecule has 0 amide bonds. The van der Waals surface area contributed by atoms with Gasteiger partial charge in [-0.15, -0.1) is 0 Å². The van der Waals surface area contributed by atoms with Gasteiger partial charge in [0, 0.05) is 25.0 Å². The second kappa shape index (κ2) is 4.78. The second-order valence-corrected chi connectivity index (χ2v) is 3.87. The largest absolute Gasteiger partial charge is 0.366 e. The van der Waals surface area contributed by atoms with E-state index in [1.54, 1.807) is 13.1 Å². The fourth-order valence-corrected chi connectivity index (χ4v) is 1.56. The predicted octanol–water partition coefficient (Wildman–Crippen LogP) is 1.39. The molecule has 2 aromatic rings. The highest BCUT2D eigenvalue weighted by Gasteiger charge is 2.00. The van der Waals surface area contributed by atoms with E-state index in [2.05, 4.69) is 20.3 Å². The van der Waals surface area contributed by atoms with E-state index >= 15 is 0 Å². The molecule has 88 valence electrons. The number of nitrogens with zero attached hydrogens (tertiary/aromatic N) is 2. The van der Waals surface area contributed by atoms with Crippen molar-refractivity contribution in [3.8, 4) is 0 Å². The summed E-state index contributed by atoms with van der Waals surface area (Å²) in [6.45, 7) is 4.38. The summed E-state index contributed by atoms with van der Waals surface area (Å²) in [7, 11) is 0. The molecule has 0 saturated carbocycles. The van der Waals surface area contributed by atoms with Crippen LogP contribution in [0.25, 0.3) is 0 Å². The van der Waals surface area contributed by atoms with Gasteiger partial charge in [-0.25, -0.2) is 4.98 Å². The molecule has 5 heteroatoms. The van der Waals surface area contributed by atoms with E-state index in [4.69, 9.17) is 0 Å². The number of pyridine rings is 1. The normalized spacial score (nSPS) is 10.2. The van der Waals surface area contributed by atoms with Gasteiger partial charge in [0.05, 0.1) is 0 Å². The molecule has 0 unspecified atom stereocenters. The van der Waals surface area contributed by atoms with Crippen LogP contribution in [0.3, 0.4) is 0 Å². The maximum atomic E-state index is 11.2. The number of H-pyrrole nitrogens is 1. The van der Waals surface area contributed by atoms with Crippen LogP contribution in [0.5, 0.6) is 0 Å². The Balaban J connectivity index is 2.13. The van der Waals surface area contributed by atoms with Gasteiger partial charge in [-0.05, 0) is 31.0 Å². The van der Waals surface area contributed by atoms with Gasteiger partial charge in [0.25, 0.3) is 5.56 Å². The molecule has 0 bridgehead atoms. The number of aryl methyl sites for hydroxylation is 2. The van der Waals surface area contributed by atoms with Crippen LogP contribution in [0, 0.1) is 13.8 Å². The van der Waals surface area contributed by atoms with Crippen molar-refractivity contribution in [3.05, 3.63) is 51.8 Å². The summed E-state index contributed by atoms with van der Waals surface area (Å²) in [5.41, 5.74) is 2.10. The van der Waals surface area contributed by atoms with Gasteiger partial charge in [-0.2, -0.15) is 0 Å². The minimum atomic E-state index is -0.147. The SMILES string of the molecule is Cc1nc(NCc2ccncc2C)cc(=O)[nH]1. The van der Waals surface area contributed by atoms with E-state index in [1.807, 2.05) is 19.2 Å². The third-order valence-corrected chi connectivity index (χ3v) is 2.46. The van der Waals surface area contributed by atoms with E-state index < -0.39 is 0 Å². The summed E-state index contributed by atoms with van der Waals surface area (Å²) >= 11 is 0. The van der Waals surface area contributed by atoms with Crippen molar-refractivity contribution in [2.45, 2.75) is 20.4 Å². The van der Waals surface area contributed by atoms with Crippen LogP contribution in [-0.2, 0) is 6.54 Å². The highest BCUT2D eigenvalue weighted by atomic mass is 16.1. The highest BCUT2D eigenvalue weighted by Crippen LogP contribution is 2.07. The number of nitrogens with one attached hydrogen (secondary N) is 2. The molecule has 0 aromatic carbocycles. The van der Waals surface area contributed by atoms with E-state index in [0.717, 1.165) is 11.1 Å². The Morgan fingerprint density at radius 2 is 2.24 bits per heavy atom. The first-order chi connectivity index (χ1) is 8.15. The minimum Gasteiger partial charge on any atom is -0.366 e. The number of aromatic nitrogens is 3. The minimum absolute atomic E-state index is 0.147. The average molecular weight is 230 g/mol. The zero-order valence-electron chi connectivity index (χ0n) is 9.82. The van der Waals surface area contributed by atoms with E-state index in [-0.39, 0.29) is 5.56 Å². The van der Waals surface area contributed by atoms with Crippen LogP contribution in [-0.4, -0.2) is 15.0 Å². The lowest BCUT2D eigenvalue weighted by molar-refractivity contribution is 0.991. The monoisotopic (exact) mass is 230 g/mol. The van der Waals surface area contributed by atoms with Crippen molar-refractivity contribution >= 4 is 5.82 Å². The first-order valence-corrected chi connectivity index (χ1v) is 5.36. The predicted molar refractivity (Wildman–Crippen MR) is 65.9 cm³/mol. The number of anilines is 1. The Morgan fingerprint density at radius 3 is 2.94 bits per heavy atom. The van der Waals surface area contributed by atoms with Crippen LogP contribution in [0.4, 0.5) is 5.82 Å². The van der Waals surface area contributed by atoms with Crippen LogP contribution < -0.4 is 10.9 Å². The molecule has 0 atom stereocenters. The van der Waals surface area contributed by atoms with Gasteiger partial charge in [0.15, 0.2) is 0 Å². The summed E-state index contributed by atoms with van der Waals surface area (Å²) in [6, 6.07) is 3.39. The zero-order valence-corrected chi connectivity index (χ0v) is 9.82. The molecule has 0 aliphatic rings. The number of hydrogen-bond donors (Lipinski definition) is 2. The molecule has 0 spiro atoms. The number of aromatic amines is 1. The summed E-state index contributed by atoms with van der Waals surface area (Å²) in [5, 5.41) is 3.12. The average Bonchev–Trinajstić information content (AvgIpc) is 2.27. The number of hydrogen-bond acceptors (Lipinski definition) is 4. The molecule has 17 heavy (non-hydrogen) atoms. The van der Waals surface area contributed by atoms with Crippen molar-refractivity contribution in [1.82, 2.24) is 15.0 Å². The second-order valence-electron chi connectivity index (χ2n) is 3.87. The molecular weight excluding hydrogens is 216 g/mol. The van der Waals surface area contributed by atoms with E-state index in [1.165, 1.54) is 6.07 Å². The van der Waals surface area contributed by atoms with Crippen molar-refractivity contribution in [2.24, 2.45) is 0 Å². The van der Waals surface area contributed by atoms with Crippen LogP contribution >= 0.6 is 0 Å². The topological polar surface area (TPSA) is 70.7 Å². The molecular formula is C12H14N4O. The Kier molecular flexibility index (Phi) is 3.18. The zero-order chi connectivity index (χ0) is 12.3. The molecule has 2 N–H and O–H groups in total. The fraction of sp³-hybridized carbons (Fsp3) is 0.250. The summed E-state index contributed by atoms with van der Waals surface area (Å²) in [5.74, 6) is 1.19. The lowest BCUT2D eigenvalue weighted by atomic mass is 10.1. The van der Waals surface area contributed by atoms with Crippen LogP contribution in [0.2, 0.25) is 0 Å². The van der Waals surface area contributed by atoms with Crippen molar-refractivity contribution in [1.29, 1.82) is 0 Å². The molecule has 5 nitrogen and oxygen atoms in total. The van der Waals surface area contributed by atoms with Gasteiger partial charge in [-0.3, -0.25) is 9.78 Å². The van der Waals surface area contributed by atoms with Crippen LogP contribution in [0.1, 0.15) is 17.0 Å². The molecule has 0 radical (unpaired) electrons. The Hall–Kier alpha value is -2.17. The van der Waals surface area contributed by atoms with Gasteiger partial charge >= 0.3 is 0 Å². The standard InChI is InChI=1S/C12H14N4O/c1-8-6-13-4-3-10(8)7-14-11-5-12(17)16-9(2)15-11/h3-6H,7H2,1-2H3,(H2,14,15,16,17). The fourth-order valence-electron chi connectivity index (χ4n) is 1.56. The Bertz CT molecular complexity index is 577. The molecule has 0 saturated heterocycles. The van der Waals surface area contributed by atoms with Gasteiger partial charge < -0.3 is 10.3 Å². The summed E-state index contributed by atoms with van der Waals surface area (Å²) < 4.78 is 0.